The topological polar surface area (TPSA) is 114 Å². The summed E-state index contributed by atoms with van der Waals surface area (Å²) in [6, 6.07) is 4.95. The minimum atomic E-state index is -4.43. The zero-order valence-electron chi connectivity index (χ0n) is 15.1. The van der Waals surface area contributed by atoms with Gasteiger partial charge in [-0.2, -0.15) is 13.2 Å². The lowest BCUT2D eigenvalue weighted by Gasteiger charge is -2.13. The van der Waals surface area contributed by atoms with Crippen LogP contribution < -0.4 is 5.73 Å². The first kappa shape index (κ1) is 22.2. The van der Waals surface area contributed by atoms with Crippen LogP contribution in [0.5, 0.6) is 0 Å². The number of nitrogens with two attached hydrogens (primary N) is 1. The van der Waals surface area contributed by atoms with Gasteiger partial charge in [0.1, 0.15) is 0 Å². The third-order valence-electron chi connectivity index (χ3n) is 3.86. The molecule has 0 radical (unpaired) electrons. The molecule has 7 nitrogen and oxygen atoms in total. The second-order valence-corrected chi connectivity index (χ2v) is 7.21. The van der Waals surface area contributed by atoms with Gasteiger partial charge in [-0.25, -0.2) is 0 Å². The van der Waals surface area contributed by atoms with E-state index in [4.69, 9.17) is 15.6 Å². The van der Waals surface area contributed by atoms with Crippen molar-refractivity contribution in [3.05, 3.63) is 35.7 Å². The smallest absolute Gasteiger partial charge is 0.416 e. The fourth-order valence-electron chi connectivity index (χ4n) is 2.38. The van der Waals surface area contributed by atoms with Gasteiger partial charge in [-0.15, -0.1) is 10.2 Å². The molecule has 28 heavy (non-hydrogen) atoms. The predicted molar refractivity (Wildman–Crippen MR) is 97.0 cm³/mol. The average molecular weight is 418 g/mol. The highest BCUT2D eigenvalue weighted by Gasteiger charge is 2.32. The molecule has 1 aromatic carbocycles. The summed E-state index contributed by atoms with van der Waals surface area (Å²) in [5, 5.41) is 25.8. The van der Waals surface area contributed by atoms with Gasteiger partial charge >= 0.3 is 6.18 Å². The van der Waals surface area contributed by atoms with E-state index in [-0.39, 0.29) is 6.54 Å². The molecule has 0 bridgehead atoms. The Hall–Kier alpha value is -2.11. The first-order chi connectivity index (χ1) is 13.1. The fraction of sp³-hybridized carbons (Fsp3) is 0.471. The van der Waals surface area contributed by atoms with E-state index >= 15 is 0 Å². The van der Waals surface area contributed by atoms with Crippen molar-refractivity contribution < 1.29 is 28.2 Å². The summed E-state index contributed by atoms with van der Waals surface area (Å²) in [5.74, 6) is 0.279. The zero-order chi connectivity index (χ0) is 20.9. The lowest BCUT2D eigenvalue weighted by Crippen LogP contribution is -2.14. The van der Waals surface area contributed by atoms with Crippen LogP contribution >= 0.6 is 11.8 Å². The maximum absolute atomic E-state index is 12.9. The molecular formula is C17H21F3N4O3S. The van der Waals surface area contributed by atoms with Crippen molar-refractivity contribution in [1.29, 1.82) is 0 Å². The number of aromatic nitrogens is 3. The van der Waals surface area contributed by atoms with Gasteiger partial charge in [0.25, 0.3) is 5.97 Å². The SMILES string of the molecule is CC(=O)O.NCc1nnc(SCC(O)C2CC2)n1-c1cccc(C(F)(F)F)c1. The molecule has 0 saturated heterocycles. The molecule has 1 saturated carbocycles. The molecule has 1 atom stereocenters. The van der Waals surface area contributed by atoms with Crippen molar-refractivity contribution in [2.24, 2.45) is 11.7 Å². The summed E-state index contributed by atoms with van der Waals surface area (Å²) in [6.45, 7) is 1.13. The Balaban J connectivity index is 0.000000640. The van der Waals surface area contributed by atoms with Crippen LogP contribution in [-0.4, -0.2) is 42.8 Å². The molecular weight excluding hydrogens is 397 g/mol. The van der Waals surface area contributed by atoms with Gasteiger partial charge < -0.3 is 15.9 Å². The number of nitrogens with zero attached hydrogens (tertiary/aromatic N) is 3. The Morgan fingerprint density at radius 2 is 2.04 bits per heavy atom. The van der Waals surface area contributed by atoms with Crippen LogP contribution in [0.4, 0.5) is 13.2 Å². The molecule has 1 aliphatic carbocycles. The minimum Gasteiger partial charge on any atom is -0.481 e. The van der Waals surface area contributed by atoms with Gasteiger partial charge in [0.05, 0.1) is 23.9 Å². The highest BCUT2D eigenvalue weighted by Crippen LogP contribution is 2.35. The molecule has 1 fully saturated rings. The molecule has 4 N–H and O–H groups in total. The highest BCUT2D eigenvalue weighted by molar-refractivity contribution is 7.99. The molecule has 0 aliphatic heterocycles. The van der Waals surface area contributed by atoms with Gasteiger partial charge in [-0.3, -0.25) is 9.36 Å². The summed E-state index contributed by atoms with van der Waals surface area (Å²) in [6.07, 6.45) is -2.85. The van der Waals surface area contributed by atoms with Crippen LogP contribution in [0.25, 0.3) is 5.69 Å². The Morgan fingerprint density at radius 1 is 1.39 bits per heavy atom. The van der Waals surface area contributed by atoms with E-state index in [0.29, 0.717) is 28.3 Å². The van der Waals surface area contributed by atoms with Crippen LogP contribution in [-0.2, 0) is 17.5 Å². The maximum atomic E-state index is 12.9. The second kappa shape index (κ2) is 9.39. The van der Waals surface area contributed by atoms with E-state index in [0.717, 1.165) is 31.9 Å². The number of carbonyl (C=O) groups is 1. The summed E-state index contributed by atoms with van der Waals surface area (Å²) in [7, 11) is 0. The Bertz CT molecular complexity index is 805. The van der Waals surface area contributed by atoms with Crippen LogP contribution in [0, 0.1) is 5.92 Å². The van der Waals surface area contributed by atoms with Crippen LogP contribution in [0.1, 0.15) is 31.2 Å². The van der Waals surface area contributed by atoms with E-state index in [1.54, 1.807) is 6.07 Å². The van der Waals surface area contributed by atoms with E-state index < -0.39 is 23.8 Å². The standard InChI is InChI=1S/C15H17F3N4OS.C2H4O2/c16-15(17,18)10-2-1-3-11(6-10)22-13(7-19)20-21-14(22)24-8-12(23)9-4-5-9;1-2(3)4/h1-3,6,9,12,23H,4-5,7-8,19H2;1H3,(H,3,4). The quantitative estimate of drug-likeness (QED) is 0.618. The Kier molecular flexibility index (Phi) is 7.44. The normalized spacial score (nSPS) is 14.9. The van der Waals surface area contributed by atoms with E-state index in [2.05, 4.69) is 10.2 Å². The number of hydrogen-bond donors (Lipinski definition) is 3. The first-order valence-electron chi connectivity index (χ1n) is 8.45. The maximum Gasteiger partial charge on any atom is 0.416 e. The summed E-state index contributed by atoms with van der Waals surface area (Å²) >= 11 is 1.27. The molecule has 3 rings (SSSR count). The monoisotopic (exact) mass is 418 g/mol. The number of hydrogen-bond acceptors (Lipinski definition) is 6. The summed E-state index contributed by atoms with van der Waals surface area (Å²) in [5.41, 5.74) is 5.19. The number of aliphatic hydroxyl groups excluding tert-OH is 1. The lowest BCUT2D eigenvalue weighted by molar-refractivity contribution is -0.137. The molecule has 154 valence electrons. The van der Waals surface area contributed by atoms with E-state index in [9.17, 15) is 18.3 Å². The fourth-order valence-corrected chi connectivity index (χ4v) is 3.41. The van der Waals surface area contributed by atoms with Crippen LogP contribution in [0.2, 0.25) is 0 Å². The molecule has 11 heteroatoms. The van der Waals surface area contributed by atoms with Crippen molar-refractivity contribution in [3.8, 4) is 5.69 Å². The lowest BCUT2D eigenvalue weighted by atomic mass is 10.2. The number of thioether (sulfide) groups is 1. The third-order valence-corrected chi connectivity index (χ3v) is 4.89. The molecule has 0 amide bonds. The number of aliphatic hydroxyl groups is 1. The van der Waals surface area contributed by atoms with Crippen molar-refractivity contribution in [3.63, 3.8) is 0 Å². The predicted octanol–water partition coefficient (Wildman–Crippen LogP) is 2.70. The summed E-state index contributed by atoms with van der Waals surface area (Å²) in [4.78, 5) is 9.00. The van der Waals surface area contributed by atoms with Gasteiger partial charge in [-0.05, 0) is 37.0 Å². The van der Waals surface area contributed by atoms with Gasteiger partial charge in [0.2, 0.25) is 0 Å². The average Bonchev–Trinajstić information content (AvgIpc) is 3.38. The number of benzene rings is 1. The summed E-state index contributed by atoms with van der Waals surface area (Å²) < 4.78 is 40.3. The first-order valence-corrected chi connectivity index (χ1v) is 9.44. The number of carboxylic acids is 1. The number of aliphatic carboxylic acids is 1. The van der Waals surface area contributed by atoms with Gasteiger partial charge in [-0.1, -0.05) is 17.8 Å². The number of halogens is 3. The second-order valence-electron chi connectivity index (χ2n) is 6.22. The molecule has 0 spiro atoms. The van der Waals surface area contributed by atoms with Gasteiger partial charge in [0.15, 0.2) is 11.0 Å². The molecule has 1 aliphatic rings. The Labute approximate surface area is 163 Å². The van der Waals surface area contributed by atoms with Crippen molar-refractivity contribution in [2.75, 3.05) is 5.75 Å². The highest BCUT2D eigenvalue weighted by atomic mass is 32.2. The molecule has 1 unspecified atom stereocenters. The van der Waals surface area contributed by atoms with E-state index in [1.807, 2.05) is 0 Å². The van der Waals surface area contributed by atoms with Crippen molar-refractivity contribution in [1.82, 2.24) is 14.8 Å². The van der Waals surface area contributed by atoms with Gasteiger partial charge in [0, 0.05) is 12.7 Å². The van der Waals surface area contributed by atoms with Crippen molar-refractivity contribution in [2.45, 2.75) is 43.7 Å². The zero-order valence-corrected chi connectivity index (χ0v) is 15.9. The van der Waals surface area contributed by atoms with Crippen LogP contribution in [0.3, 0.4) is 0 Å². The van der Waals surface area contributed by atoms with E-state index in [1.165, 1.54) is 22.4 Å². The largest absolute Gasteiger partial charge is 0.481 e. The minimum absolute atomic E-state index is 0.0506. The molecule has 1 heterocycles. The third kappa shape index (κ3) is 6.21. The number of rotatable bonds is 6. The van der Waals surface area contributed by atoms with Crippen LogP contribution in [0.15, 0.2) is 29.4 Å². The number of carboxylic acid groups (broad SMARTS) is 1. The molecule has 1 aromatic heterocycles. The van der Waals surface area contributed by atoms with Crippen molar-refractivity contribution >= 4 is 17.7 Å². The number of alkyl halides is 3. The molecule has 2 aromatic rings. The Morgan fingerprint density at radius 3 is 2.57 bits per heavy atom.